The number of carboxylic acids is 8. The molecule has 0 spiro atoms. The highest BCUT2D eigenvalue weighted by Crippen LogP contribution is 2.06. The number of carboxylic acid groups (broad SMARTS) is 8. The lowest BCUT2D eigenvalue weighted by Crippen LogP contribution is -2.46. The normalized spacial score (nSPS) is 12.8. The second kappa shape index (κ2) is 41.5. The first-order valence-corrected chi connectivity index (χ1v) is 22.0. The van der Waals surface area contributed by atoms with Crippen LogP contribution in [0.2, 0.25) is 0 Å². The molecule has 4 aromatic carbocycles. The standard InChI is InChI=1S/4C8H11N.4C4H6O6/c4*1-2-7-3-5-8(9)6-4-7;4*5-1(3(7)8)2(6)4(9)10/h4*3-6H,2,9H2,1H3;4*1-2,5-6H,(H,7,8)(H,9,10)/t;;;;4*1-,2-/m....1111/s1. The van der Waals surface area contributed by atoms with Gasteiger partial charge in [0, 0.05) is 0 Å². The Labute approximate surface area is 434 Å². The van der Waals surface area contributed by atoms with Gasteiger partial charge in [-0.25, -0.2) is 19.2 Å². The highest BCUT2D eigenvalue weighted by atomic mass is 16.5. The first kappa shape index (κ1) is 74.7. The van der Waals surface area contributed by atoms with Crippen molar-refractivity contribution in [3.63, 3.8) is 0 Å². The van der Waals surface area contributed by atoms with Crippen molar-refractivity contribution in [2.45, 2.75) is 102 Å². The Morgan fingerprint density at radius 1 is 0.303 bits per heavy atom. The van der Waals surface area contributed by atoms with Gasteiger partial charge < -0.3 is 124 Å². The van der Waals surface area contributed by atoms with E-state index in [-0.39, 0.29) is 0 Å². The second-order valence-electron chi connectivity index (χ2n) is 14.9. The number of aliphatic hydroxyl groups is 8. The predicted octanol–water partition coefficient (Wildman–Crippen LogP) is -9.34. The van der Waals surface area contributed by atoms with E-state index >= 15 is 0 Å². The van der Waals surface area contributed by atoms with E-state index < -0.39 is 96.6 Å². The maximum atomic E-state index is 9.74. The molecule has 0 unspecified atom stereocenters. The van der Waals surface area contributed by atoms with Crippen molar-refractivity contribution in [2.24, 2.45) is 0 Å². The van der Waals surface area contributed by atoms with Crippen molar-refractivity contribution in [3.05, 3.63) is 119 Å². The molecule has 0 bridgehead atoms. The topological polar surface area (TPSA) is 582 Å². The van der Waals surface area contributed by atoms with Crippen molar-refractivity contribution >= 4 is 70.5 Å². The summed E-state index contributed by atoms with van der Waals surface area (Å²) in [7, 11) is 0. The summed E-state index contributed by atoms with van der Waals surface area (Å²) in [6, 6.07) is 33.2. The Bertz CT molecular complexity index is 1920. The molecule has 0 amide bonds. The molecule has 76 heavy (non-hydrogen) atoms. The number of hydrogen-bond donors (Lipinski definition) is 16. The molecule has 4 rings (SSSR count). The van der Waals surface area contributed by atoms with E-state index in [1.54, 1.807) is 0 Å². The van der Waals surface area contributed by atoms with Crippen LogP contribution in [0, 0.1) is 0 Å². The van der Waals surface area contributed by atoms with Crippen LogP contribution in [0.4, 0.5) is 22.7 Å². The largest absolute Gasteiger partial charge is 0.547 e. The third-order valence-electron chi connectivity index (χ3n) is 8.90. The summed E-state index contributed by atoms with van der Waals surface area (Å²) in [6.07, 6.45) is -14.4. The molecule has 28 nitrogen and oxygen atoms in total. The summed E-state index contributed by atoms with van der Waals surface area (Å²) in [6.45, 7) is 8.60. The summed E-state index contributed by atoms with van der Waals surface area (Å²) in [5.41, 5.74) is 25.1. The highest BCUT2D eigenvalue weighted by Gasteiger charge is 2.26. The molecular weight excluding hydrogens is 1020 g/mol. The number of aryl methyl sites for hydroxylation is 4. The van der Waals surface area contributed by atoms with E-state index in [1.165, 1.54) is 22.3 Å². The van der Waals surface area contributed by atoms with Crippen LogP contribution in [0.15, 0.2) is 97.1 Å². The molecule has 0 saturated heterocycles. The van der Waals surface area contributed by atoms with Gasteiger partial charge in [-0.2, -0.15) is 0 Å². The maximum absolute atomic E-state index is 9.74. The van der Waals surface area contributed by atoms with Gasteiger partial charge in [-0.15, -0.1) is 0 Å². The lowest BCUT2D eigenvalue weighted by molar-refractivity contribution is -0.319. The van der Waals surface area contributed by atoms with Crippen LogP contribution in [-0.2, 0) is 64.0 Å². The van der Waals surface area contributed by atoms with Gasteiger partial charge in [0.05, 0.1) is 23.9 Å². The molecule has 8 atom stereocenters. The maximum Gasteiger partial charge on any atom is 0.335 e. The lowest BCUT2D eigenvalue weighted by Gasteiger charge is -2.13. The number of aliphatic hydroxyl groups excluding tert-OH is 8. The molecule has 0 radical (unpaired) electrons. The van der Waals surface area contributed by atoms with E-state index in [2.05, 4.69) is 99.2 Å². The van der Waals surface area contributed by atoms with Crippen molar-refractivity contribution in [1.82, 2.24) is 0 Å². The molecule has 0 saturated carbocycles. The molecule has 0 aromatic heterocycles. The van der Waals surface area contributed by atoms with Crippen LogP contribution in [-0.4, -0.2) is 158 Å². The number of aliphatic carboxylic acids is 8. The molecule has 28 heteroatoms. The minimum absolute atomic E-state index is 1.09. The van der Waals surface area contributed by atoms with Crippen molar-refractivity contribution in [3.8, 4) is 0 Å². The first-order chi connectivity index (χ1) is 35.2. The summed E-state index contributed by atoms with van der Waals surface area (Å²) >= 11 is 0. The minimum atomic E-state index is -2.38. The quantitative estimate of drug-likeness (QED) is 0.0495. The molecule has 0 aliphatic carbocycles. The van der Waals surface area contributed by atoms with Gasteiger partial charge in [0.1, 0.15) is 47.2 Å². The van der Waals surface area contributed by atoms with Gasteiger partial charge in [0.15, 0.2) is 24.4 Å². The van der Waals surface area contributed by atoms with Crippen LogP contribution >= 0.6 is 0 Å². The Morgan fingerprint density at radius 2 is 0.421 bits per heavy atom. The van der Waals surface area contributed by atoms with Crippen LogP contribution in [0.1, 0.15) is 49.9 Å². The van der Waals surface area contributed by atoms with Crippen LogP contribution in [0.25, 0.3) is 0 Å². The zero-order chi connectivity index (χ0) is 60.0. The van der Waals surface area contributed by atoms with Gasteiger partial charge in [-0.1, -0.05) is 76.2 Å². The molecule has 0 heterocycles. The molecule has 424 valence electrons. The highest BCUT2D eigenvalue weighted by molar-refractivity contribution is 5.83. The van der Waals surface area contributed by atoms with Crippen LogP contribution in [0.5, 0.6) is 0 Å². The van der Waals surface area contributed by atoms with Gasteiger partial charge in [0.2, 0.25) is 0 Å². The Kier molecular flexibility index (Phi) is 40.8. The average Bonchev–Trinajstić information content (AvgIpc) is 3.38. The monoisotopic (exact) mass is 1080 g/mol. The van der Waals surface area contributed by atoms with Crippen LogP contribution in [0.3, 0.4) is 0 Å². The zero-order valence-corrected chi connectivity index (χ0v) is 41.8. The summed E-state index contributed by atoms with van der Waals surface area (Å²) in [4.78, 5) is 77.6. The Balaban J connectivity index is -0.000000390. The van der Waals surface area contributed by atoms with E-state index in [0.29, 0.717) is 0 Å². The van der Waals surface area contributed by atoms with Gasteiger partial charge in [-0.3, -0.25) is 0 Å². The molecule has 0 aliphatic rings. The third-order valence-corrected chi connectivity index (χ3v) is 8.90. The fourth-order valence-corrected chi connectivity index (χ4v) is 4.16. The van der Waals surface area contributed by atoms with Crippen molar-refractivity contribution in [1.29, 1.82) is 0 Å². The molecular formula is C48H68N4O24. The number of hydrogen-bond acceptors (Lipinski definition) is 20. The van der Waals surface area contributed by atoms with E-state index in [9.17, 15) is 58.8 Å². The van der Waals surface area contributed by atoms with Crippen molar-refractivity contribution in [2.75, 3.05) is 0 Å². The average molecular weight is 1090 g/mol. The number of carbonyl (C=O) groups excluding carboxylic acids is 4. The SMILES string of the molecule is CCc1ccc([NH3+])cc1.CCc1ccc([NH3+])cc1.CCc1ccc([NH3+])cc1.CCc1ccc([NH3+])cc1.O=C([O-])[C@H](O)[C@@H](O)C(=O)O.O=C([O-])[C@H](O)[C@@H](O)C(=O)O.O=C([O-])[C@H](O)[C@@H](O)C(=O)O.O=C([O-])[C@H](O)[C@@H](O)C(=O)O. The van der Waals surface area contributed by atoms with Crippen LogP contribution < -0.4 is 43.4 Å². The number of quaternary nitrogens is 4. The Hall–Kier alpha value is -7.84. The third kappa shape index (κ3) is 36.1. The Morgan fingerprint density at radius 3 is 0.487 bits per heavy atom. The molecule has 0 fully saturated rings. The first-order valence-electron chi connectivity index (χ1n) is 22.0. The molecule has 4 aromatic rings. The zero-order valence-electron chi connectivity index (χ0n) is 41.8. The number of rotatable bonds is 16. The summed E-state index contributed by atoms with van der Waals surface area (Å²) in [5, 5.41) is 137. The number of carbonyl (C=O) groups is 8. The van der Waals surface area contributed by atoms with Crippen molar-refractivity contribution < 1.29 is 143 Å². The smallest absolute Gasteiger partial charge is 0.335 e. The predicted molar refractivity (Wildman–Crippen MR) is 252 cm³/mol. The van der Waals surface area contributed by atoms with E-state index in [0.717, 1.165) is 48.4 Å². The fraction of sp³-hybridized carbons (Fsp3) is 0.333. The fourth-order valence-electron chi connectivity index (χ4n) is 4.16. The van der Waals surface area contributed by atoms with Gasteiger partial charge >= 0.3 is 23.9 Å². The number of benzene rings is 4. The van der Waals surface area contributed by atoms with Gasteiger partial charge in [0.25, 0.3) is 0 Å². The second-order valence-corrected chi connectivity index (χ2v) is 14.9. The molecule has 0 aliphatic heterocycles. The van der Waals surface area contributed by atoms with Gasteiger partial charge in [-0.05, 0) is 96.5 Å². The van der Waals surface area contributed by atoms with E-state index in [1.807, 2.05) is 48.5 Å². The molecule has 24 N–H and O–H groups in total. The summed E-state index contributed by atoms with van der Waals surface area (Å²) < 4.78 is 0. The minimum Gasteiger partial charge on any atom is -0.547 e. The summed E-state index contributed by atoms with van der Waals surface area (Å²) in [5.74, 6) is -15.3. The lowest BCUT2D eigenvalue weighted by atomic mass is 10.2. The van der Waals surface area contributed by atoms with E-state index in [4.69, 9.17) is 61.3 Å².